The molecule has 1 amide bonds. The van der Waals surface area contributed by atoms with E-state index < -0.39 is 0 Å². The molecule has 1 N–H and O–H groups in total. The fourth-order valence-corrected chi connectivity index (χ4v) is 4.11. The molecule has 1 aromatic heterocycles. The van der Waals surface area contributed by atoms with Crippen molar-refractivity contribution in [3.05, 3.63) is 81.5 Å². The van der Waals surface area contributed by atoms with E-state index in [4.69, 9.17) is 16.0 Å². The van der Waals surface area contributed by atoms with E-state index in [1.54, 1.807) is 0 Å². The molecule has 4 rings (SSSR count). The molecule has 2 heterocycles. The van der Waals surface area contributed by atoms with Crippen molar-refractivity contribution in [2.75, 3.05) is 0 Å². The zero-order chi connectivity index (χ0) is 20.2. The Hall–Kier alpha value is -2.35. The van der Waals surface area contributed by atoms with Crippen molar-refractivity contribution in [3.63, 3.8) is 0 Å². The molecule has 8 heteroatoms. The zero-order valence-corrected chi connectivity index (χ0v) is 18.2. The number of rotatable bonds is 5. The standard InChI is InChI=1S/C21H15BrClN3O2S/c22-15-5-3-14(4-6-15)18-10-9-17(28-18)12-24-26-21-25-20(27)19(29-21)11-13-1-7-16(23)8-2-13/h1-10,12,19H,11H2,(H,25,26,27)/b24-12-/t19-/m0/s1. The average molecular weight is 489 g/mol. The number of amides is 1. The van der Waals surface area contributed by atoms with E-state index in [1.807, 2.05) is 60.7 Å². The molecule has 0 radical (unpaired) electrons. The van der Waals surface area contributed by atoms with Gasteiger partial charge in [0.25, 0.3) is 0 Å². The summed E-state index contributed by atoms with van der Waals surface area (Å²) in [6.45, 7) is 0. The maximum Gasteiger partial charge on any atom is 0.239 e. The van der Waals surface area contributed by atoms with Gasteiger partial charge in [-0.1, -0.05) is 63.6 Å². The first-order valence-electron chi connectivity index (χ1n) is 8.75. The Morgan fingerprint density at radius 2 is 1.86 bits per heavy atom. The van der Waals surface area contributed by atoms with Crippen LogP contribution in [0.4, 0.5) is 0 Å². The Balaban J connectivity index is 1.38. The number of carbonyl (C=O) groups excluding carboxylic acids is 1. The third kappa shape index (κ3) is 5.18. The number of nitrogens with zero attached hydrogens (tertiary/aromatic N) is 2. The summed E-state index contributed by atoms with van der Waals surface area (Å²) in [6, 6.07) is 19.0. The van der Waals surface area contributed by atoms with Gasteiger partial charge in [0.05, 0.1) is 11.5 Å². The van der Waals surface area contributed by atoms with Crippen LogP contribution in [0.1, 0.15) is 11.3 Å². The highest BCUT2D eigenvalue weighted by Gasteiger charge is 2.30. The van der Waals surface area contributed by atoms with Gasteiger partial charge >= 0.3 is 0 Å². The lowest BCUT2D eigenvalue weighted by Crippen LogP contribution is -2.25. The topological polar surface area (TPSA) is 67.0 Å². The Bertz CT molecular complexity index is 1080. The summed E-state index contributed by atoms with van der Waals surface area (Å²) in [6.07, 6.45) is 2.12. The lowest BCUT2D eigenvalue weighted by molar-refractivity contribution is -0.118. The molecule has 0 bridgehead atoms. The Morgan fingerprint density at radius 1 is 1.10 bits per heavy atom. The van der Waals surface area contributed by atoms with E-state index in [-0.39, 0.29) is 11.2 Å². The van der Waals surface area contributed by atoms with Crippen molar-refractivity contribution in [2.24, 2.45) is 10.2 Å². The summed E-state index contributed by atoms with van der Waals surface area (Å²) in [4.78, 5) is 12.2. The van der Waals surface area contributed by atoms with Gasteiger partial charge in [0.2, 0.25) is 5.91 Å². The third-order valence-electron chi connectivity index (χ3n) is 4.20. The molecule has 0 saturated carbocycles. The molecule has 5 nitrogen and oxygen atoms in total. The van der Waals surface area contributed by atoms with E-state index in [2.05, 4.69) is 31.4 Å². The van der Waals surface area contributed by atoms with Crippen molar-refractivity contribution in [2.45, 2.75) is 11.7 Å². The zero-order valence-electron chi connectivity index (χ0n) is 15.0. The van der Waals surface area contributed by atoms with Crippen LogP contribution >= 0.6 is 39.3 Å². The van der Waals surface area contributed by atoms with Gasteiger partial charge < -0.3 is 9.73 Å². The molecular formula is C21H15BrClN3O2S. The summed E-state index contributed by atoms with van der Waals surface area (Å²) in [7, 11) is 0. The fourth-order valence-electron chi connectivity index (χ4n) is 2.75. The van der Waals surface area contributed by atoms with Crippen LogP contribution in [0.5, 0.6) is 0 Å². The Labute approximate surface area is 185 Å². The first kappa shape index (κ1) is 19.9. The monoisotopic (exact) mass is 487 g/mol. The number of hydrogen-bond acceptors (Lipinski definition) is 5. The smallest absolute Gasteiger partial charge is 0.239 e. The number of amidine groups is 1. The van der Waals surface area contributed by atoms with Gasteiger partial charge in [-0.3, -0.25) is 4.79 Å². The molecule has 3 aromatic rings. The van der Waals surface area contributed by atoms with Gasteiger partial charge in [0.15, 0.2) is 5.17 Å². The van der Waals surface area contributed by atoms with Gasteiger partial charge in [-0.05, 0) is 48.4 Å². The maximum atomic E-state index is 12.2. The number of benzene rings is 2. The van der Waals surface area contributed by atoms with Crippen LogP contribution < -0.4 is 5.32 Å². The summed E-state index contributed by atoms with van der Waals surface area (Å²) in [5.41, 5.74) is 2.02. The predicted molar refractivity (Wildman–Crippen MR) is 122 cm³/mol. The van der Waals surface area contributed by atoms with Gasteiger partial charge in [0.1, 0.15) is 11.5 Å². The number of nitrogens with one attached hydrogen (secondary N) is 1. The molecule has 1 atom stereocenters. The summed E-state index contributed by atoms with van der Waals surface area (Å²) >= 11 is 10.7. The van der Waals surface area contributed by atoms with Crippen LogP contribution in [0.2, 0.25) is 5.02 Å². The van der Waals surface area contributed by atoms with Gasteiger partial charge in [-0.15, -0.1) is 5.10 Å². The second-order valence-electron chi connectivity index (χ2n) is 6.28. The van der Waals surface area contributed by atoms with E-state index in [1.165, 1.54) is 18.0 Å². The number of hydrogen-bond donors (Lipinski definition) is 1. The van der Waals surface area contributed by atoms with Crippen molar-refractivity contribution >= 4 is 56.6 Å². The fraction of sp³-hybridized carbons (Fsp3) is 0.0952. The molecule has 1 saturated heterocycles. The van der Waals surface area contributed by atoms with Crippen LogP contribution in [0.25, 0.3) is 11.3 Å². The minimum atomic E-state index is -0.238. The molecule has 0 aliphatic carbocycles. The predicted octanol–water partition coefficient (Wildman–Crippen LogP) is 5.53. The van der Waals surface area contributed by atoms with Crippen LogP contribution in [-0.4, -0.2) is 22.5 Å². The minimum absolute atomic E-state index is 0.0746. The summed E-state index contributed by atoms with van der Waals surface area (Å²) < 4.78 is 6.78. The molecule has 0 unspecified atom stereocenters. The van der Waals surface area contributed by atoms with Crippen molar-refractivity contribution in [3.8, 4) is 11.3 Å². The quantitative estimate of drug-likeness (QED) is 0.379. The normalized spacial score (nSPS) is 17.9. The van der Waals surface area contributed by atoms with E-state index in [0.717, 1.165) is 21.4 Å². The summed E-state index contributed by atoms with van der Waals surface area (Å²) in [5, 5.41) is 11.8. The number of thioether (sulfide) groups is 1. The highest BCUT2D eigenvalue weighted by atomic mass is 79.9. The molecular weight excluding hydrogens is 474 g/mol. The second kappa shape index (κ2) is 8.98. The average Bonchev–Trinajstić information content (AvgIpc) is 3.31. The number of halogens is 2. The van der Waals surface area contributed by atoms with Crippen molar-refractivity contribution in [1.82, 2.24) is 5.32 Å². The first-order chi connectivity index (χ1) is 14.1. The largest absolute Gasteiger partial charge is 0.455 e. The van der Waals surface area contributed by atoms with Crippen LogP contribution in [0.15, 0.2) is 79.8 Å². The van der Waals surface area contributed by atoms with E-state index >= 15 is 0 Å². The van der Waals surface area contributed by atoms with Gasteiger partial charge in [-0.2, -0.15) is 5.10 Å². The lowest BCUT2D eigenvalue weighted by atomic mass is 10.1. The SMILES string of the molecule is O=C1N/C(=N\N=C/c2ccc(-c3ccc(Br)cc3)o2)S[C@H]1Cc1ccc(Cl)cc1. The number of furan rings is 1. The molecule has 1 aliphatic heterocycles. The lowest BCUT2D eigenvalue weighted by Gasteiger charge is -2.05. The van der Waals surface area contributed by atoms with Gasteiger partial charge in [0, 0.05) is 15.1 Å². The third-order valence-corrected chi connectivity index (χ3v) is 6.05. The molecule has 0 spiro atoms. The Kier molecular flexibility index (Phi) is 6.18. The first-order valence-corrected chi connectivity index (χ1v) is 10.8. The molecule has 1 fully saturated rings. The van der Waals surface area contributed by atoms with E-state index in [0.29, 0.717) is 22.4 Å². The van der Waals surface area contributed by atoms with Crippen LogP contribution in [-0.2, 0) is 11.2 Å². The highest BCUT2D eigenvalue weighted by molar-refractivity contribution is 9.10. The Morgan fingerprint density at radius 3 is 2.62 bits per heavy atom. The second-order valence-corrected chi connectivity index (χ2v) is 8.83. The summed E-state index contributed by atoms with van der Waals surface area (Å²) in [5.74, 6) is 1.26. The van der Waals surface area contributed by atoms with Crippen molar-refractivity contribution < 1.29 is 9.21 Å². The maximum absolute atomic E-state index is 12.2. The molecule has 146 valence electrons. The van der Waals surface area contributed by atoms with E-state index in [9.17, 15) is 4.79 Å². The minimum Gasteiger partial charge on any atom is -0.455 e. The number of carbonyl (C=O) groups is 1. The molecule has 2 aromatic carbocycles. The van der Waals surface area contributed by atoms with Crippen LogP contribution in [0, 0.1) is 0 Å². The van der Waals surface area contributed by atoms with Crippen LogP contribution in [0.3, 0.4) is 0 Å². The highest BCUT2D eigenvalue weighted by Crippen LogP contribution is 2.25. The molecule has 1 aliphatic rings. The van der Waals surface area contributed by atoms with Gasteiger partial charge in [-0.25, -0.2) is 0 Å². The molecule has 29 heavy (non-hydrogen) atoms. The van der Waals surface area contributed by atoms with Crippen molar-refractivity contribution in [1.29, 1.82) is 0 Å².